The van der Waals surface area contributed by atoms with Gasteiger partial charge in [0.25, 0.3) is 17.8 Å². The van der Waals surface area contributed by atoms with Gasteiger partial charge < -0.3 is 37.1 Å². The number of carboxylic acid groups (broad SMARTS) is 1. The number of Topliss-reactive ketones (excluding diaryl/α,β-unsaturated/α-hetero) is 2. The van der Waals surface area contributed by atoms with E-state index in [0.717, 1.165) is 79.2 Å². The van der Waals surface area contributed by atoms with Gasteiger partial charge in [0, 0.05) is 103 Å². The van der Waals surface area contributed by atoms with Crippen molar-refractivity contribution in [2.24, 2.45) is 11.8 Å². The molecule has 498 valence electrons. The number of anilines is 2. The minimum atomic E-state index is -2.85. The van der Waals surface area contributed by atoms with Crippen molar-refractivity contribution in [2.75, 3.05) is 37.6 Å². The zero-order chi connectivity index (χ0) is 79.7. The number of nitrogens with two attached hydrogens (primary N) is 2. The van der Waals surface area contributed by atoms with Gasteiger partial charge in [-0.2, -0.15) is 0 Å². The van der Waals surface area contributed by atoms with E-state index >= 15 is 0 Å². The Morgan fingerprint density at radius 2 is 0.882 bits per heavy atom. The van der Waals surface area contributed by atoms with E-state index in [1.807, 2.05) is 48.5 Å². The number of alkyl halides is 4. The summed E-state index contributed by atoms with van der Waals surface area (Å²) in [6, 6.07) is 45.0. The summed E-state index contributed by atoms with van der Waals surface area (Å²) >= 11 is 20.0. The Hall–Kier alpha value is 18.2. The number of nitrogen functional groups attached to an aromatic ring is 2. The number of ketones is 2. The number of benzene rings is 6. The molecule has 2 saturated carbocycles. The van der Waals surface area contributed by atoms with Crippen molar-refractivity contribution in [3.8, 4) is 44.5 Å². The quantitative estimate of drug-likeness (QED) is 0.0558. The summed E-state index contributed by atoms with van der Waals surface area (Å²) in [5, 5.41) is 13.5. The SMILES string of the molecule is C.Cl.FC1(F)CCNC1.Nc1ccc([C@H]2C[C@@H]2C(=O)CCc2cc3cc(-c4ccc(C(=O)N5CCC(F)(F)C5)cc4)cc(-c4ccc(F)cc4)c3o2)cn1.Nc1ccc([C@H]2C[C@@H]2C(=O)CCc2cc3cc(-c4ccc(C(=O)O)cc4)cc(-c4ccc(F)cc4)c3o2)cn1.[H-].[K+].[K][K].[K][K].[K][K].[K][K].[K][K].[K][K].[K][K].[K][K]. The summed E-state index contributed by atoms with van der Waals surface area (Å²) in [5.41, 5.74) is 21.8. The molecule has 0 bridgehead atoms. The molecule has 0 spiro atoms. The molecule has 4 atom stereocenters. The van der Waals surface area contributed by atoms with E-state index in [9.17, 15) is 50.6 Å². The number of fused-ring (bicyclic) bond motifs is 2. The van der Waals surface area contributed by atoms with Gasteiger partial charge >= 0.3 is 563 Å². The number of carbonyl (C=O) groups excluding carboxylic acids is 3. The van der Waals surface area contributed by atoms with Crippen molar-refractivity contribution in [1.29, 1.82) is 0 Å². The molecule has 0 radical (unpaired) electrons. The van der Waals surface area contributed by atoms with Gasteiger partial charge in [-0.15, -0.1) is 12.4 Å². The molecular weight excluding hydrogens is 1890 g/mol. The fraction of sp³-hybridized carbons (Fsp3) is 0.260. The average molecular weight is 1960 g/mol. The van der Waals surface area contributed by atoms with Gasteiger partial charge in [0.2, 0.25) is 0 Å². The monoisotopic (exact) mass is 1950 g/mol. The number of aromatic nitrogens is 2. The van der Waals surface area contributed by atoms with Gasteiger partial charge in [-0.1, -0.05) is 68.1 Å². The zero-order valence-corrected chi connectivity index (χ0v) is 120. The first-order valence-electron chi connectivity index (χ1n) is 38.0. The number of carbonyl (C=O) groups is 4. The van der Waals surface area contributed by atoms with Crippen LogP contribution in [0, 0.1) is 23.5 Å². The van der Waals surface area contributed by atoms with E-state index in [1.165, 1.54) is 534 Å². The predicted octanol–water partition coefficient (Wildman–Crippen LogP) is 7.25. The Labute approximate surface area is 1050 Å². The summed E-state index contributed by atoms with van der Waals surface area (Å²) in [6.45, 7) is -0.206. The fourth-order valence-electron chi connectivity index (χ4n) is 12.0. The van der Waals surface area contributed by atoms with Crippen LogP contribution in [0.1, 0.15) is 103 Å². The van der Waals surface area contributed by atoms with Gasteiger partial charge in [0.05, 0.1) is 18.7 Å². The topological polar surface area (TPSA) is 208 Å². The molecule has 110 heavy (non-hydrogen) atoms. The summed E-state index contributed by atoms with van der Waals surface area (Å²) in [7, 11) is 0. The summed E-state index contributed by atoms with van der Waals surface area (Å²) in [5.74, 6) is -4.34. The summed E-state index contributed by atoms with van der Waals surface area (Å²) in [4.78, 5) is 59.5. The van der Waals surface area contributed by atoms with Gasteiger partial charge in [-0.3, -0.25) is 14.4 Å². The Morgan fingerprint density at radius 1 is 0.509 bits per heavy atom. The second-order valence-corrected chi connectivity index (χ2v) is 23.8. The molecule has 1 amide bonds. The van der Waals surface area contributed by atoms with Crippen molar-refractivity contribution in [3.05, 3.63) is 216 Å². The maximum atomic E-state index is 13.8. The summed E-state index contributed by atoms with van der Waals surface area (Å²) in [6.07, 6.45) is 6.43. The molecule has 6 N–H and O–H groups in total. The molecule has 37 heteroatoms. The van der Waals surface area contributed by atoms with Gasteiger partial charge in [-0.05, 0) is 166 Å². The Morgan fingerprint density at radius 3 is 1.19 bits per heavy atom. The molecule has 6 aromatic carbocycles. The molecule has 2 saturated heterocycles. The van der Waals surface area contributed by atoms with Crippen LogP contribution in [0.15, 0.2) is 179 Å². The number of carboxylic acids is 1. The normalized spacial score (nSPS) is 15.9. The molecule has 2 aliphatic carbocycles. The number of rotatable bonds is 16. The fourth-order valence-corrected chi connectivity index (χ4v) is 12.0. The molecule has 0 unspecified atom stereocenters. The Kier molecular flexibility index (Phi) is 82.2. The number of hydrogen-bond donors (Lipinski definition) is 4. The van der Waals surface area contributed by atoms with Crippen molar-refractivity contribution in [1.82, 2.24) is 20.2 Å². The number of amides is 1. The average Bonchev–Trinajstić information content (AvgIpc) is 1.74. The number of pyridine rings is 2. The van der Waals surface area contributed by atoms with Crippen LogP contribution in [0.3, 0.4) is 0 Å². The Balaban J connectivity index is 0.00000168. The molecule has 4 aliphatic rings. The molecule has 4 fully saturated rings. The second kappa shape index (κ2) is 71.6. The van der Waals surface area contributed by atoms with Crippen molar-refractivity contribution < 1.29 is 112 Å². The van der Waals surface area contributed by atoms with Crippen LogP contribution in [-0.4, -0.2) is 587 Å². The molecule has 14 rings (SSSR count). The molecule has 6 heterocycles. The first kappa shape index (κ1) is 126. The van der Waals surface area contributed by atoms with Crippen LogP contribution in [0.5, 0.6) is 0 Å². The molecule has 13 nitrogen and oxygen atoms in total. The standard InChI is InChI=1S/C36H30F3N3O3.C32H25FN2O4.C4H7F2N.CH4.ClH.17K.H/c37-27-8-5-22(6-9-27)30-17-25(21-1-3-23(4-2-21)35(44)42-14-13-36(38,39)20-42)15-26-16-28(45-34(26)30)10-11-32(43)31-18-29(31)24-7-12-33(40)41-19-24;33-24-8-5-19(6-9-24)27-15-22(18-1-3-20(4-2-18)32(37)38)13-23-14-25(39-31(23)27)10-11-29(36)28-16-26(28)21-7-12-30(34)35-17-21;5-4(6)1-2-7-3-4;;;;;;;;;;;;;;;;;;;;/h1-9,12,15-17,19,29,31H,10-11,13-14,18,20H2,(H2,40,41);1-9,12-15,17,26,28H,10-11,16H2,(H2,34,35)(H,37,38);7H,1-3H2;1H4;1H;;;;;;;;;;;;;;;;;;/q;;;;;;;;;;;;;;;;;;;;;+1;-1/t29-,31+;26-,28+;;;;;;;;;;;;;;;;;;;;;/m11...................../s1. The maximum absolute atomic E-state index is 13.8. The second-order valence-electron chi connectivity index (χ2n) is 23.8. The third-order valence-electron chi connectivity index (χ3n) is 17.2. The van der Waals surface area contributed by atoms with Gasteiger partial charge in [0.1, 0.15) is 57.5 Å². The van der Waals surface area contributed by atoms with E-state index in [0.29, 0.717) is 72.1 Å². The first-order valence-corrected chi connectivity index (χ1v) is 166. The van der Waals surface area contributed by atoms with E-state index in [4.69, 9.17) is 20.3 Å². The van der Waals surface area contributed by atoms with E-state index in [2.05, 4.69) is 15.3 Å². The third kappa shape index (κ3) is 43.9. The zero-order valence-electron chi connectivity index (χ0n) is 67.5. The number of likely N-dealkylation sites (tertiary alicyclic amines) is 1. The number of aryl methyl sites for hydroxylation is 2. The van der Waals surface area contributed by atoms with Crippen LogP contribution in [0.2, 0.25) is 0 Å². The number of halogens is 7. The number of nitrogens with zero attached hydrogens (tertiary/aromatic N) is 3. The number of nitrogens with one attached hydrogen (secondary N) is 1. The van der Waals surface area contributed by atoms with Crippen molar-refractivity contribution in [2.45, 2.75) is 82.5 Å². The van der Waals surface area contributed by atoms with E-state index in [-0.39, 0.29) is 151 Å². The van der Waals surface area contributed by atoms with Crippen LogP contribution in [0.4, 0.5) is 38.0 Å². The Bertz CT molecular complexity index is 4410. The third-order valence-corrected chi connectivity index (χ3v) is 17.2. The van der Waals surface area contributed by atoms with Crippen LogP contribution in [0.25, 0.3) is 66.4 Å². The van der Waals surface area contributed by atoms with E-state index in [1.54, 1.807) is 97.3 Å². The molecule has 4 aromatic heterocycles. The van der Waals surface area contributed by atoms with Gasteiger partial charge in [-0.25, -0.2) is 41.1 Å². The molecular formula is C73H68ClF6K17N6O7. The minimum absolute atomic E-state index is 0. The number of aromatic carboxylic acids is 1. The predicted molar refractivity (Wildman–Crippen MR) is 442 cm³/mol. The number of hydrogen-bond acceptors (Lipinski definition) is 11. The van der Waals surface area contributed by atoms with Crippen molar-refractivity contribution in [3.63, 3.8) is 0 Å². The van der Waals surface area contributed by atoms with E-state index < -0.39 is 30.3 Å². The first-order chi connectivity index (χ1) is 51.7. The van der Waals surface area contributed by atoms with Crippen molar-refractivity contribution >= 4 is 575 Å². The van der Waals surface area contributed by atoms with Crippen LogP contribution < -0.4 is 68.2 Å². The van der Waals surface area contributed by atoms with Crippen LogP contribution in [-0.2, 0) is 22.4 Å². The molecule has 10 aromatic rings. The summed E-state index contributed by atoms with van der Waals surface area (Å²) < 4.78 is 91.1. The van der Waals surface area contributed by atoms with Gasteiger partial charge in [0.15, 0.2) is 0 Å². The van der Waals surface area contributed by atoms with Crippen LogP contribution >= 0.6 is 12.4 Å². The molecule has 2 aliphatic heterocycles. The number of furan rings is 2.